The lowest BCUT2D eigenvalue weighted by atomic mass is 10.1. The quantitative estimate of drug-likeness (QED) is 0.522. The monoisotopic (exact) mass is 352 g/mol. The lowest BCUT2D eigenvalue weighted by molar-refractivity contribution is 0.579. The number of furan rings is 1. The number of hydrogen-bond acceptors (Lipinski definition) is 2. The second-order valence-corrected chi connectivity index (χ2v) is 6.04. The van der Waals surface area contributed by atoms with E-state index in [0.29, 0.717) is 0 Å². The maximum Gasteiger partial charge on any atom is 0.154 e. The van der Waals surface area contributed by atoms with Crippen molar-refractivity contribution in [3.63, 3.8) is 0 Å². The van der Waals surface area contributed by atoms with Gasteiger partial charge in [-0.05, 0) is 45.8 Å². The third-order valence-electron chi connectivity index (χ3n) is 3.65. The first kappa shape index (κ1) is 13.3. The second-order valence-electron chi connectivity index (χ2n) is 5.12. The molecule has 4 aromatic rings. The van der Waals surface area contributed by atoms with Crippen LogP contribution in [-0.4, -0.2) is 9.38 Å². The van der Waals surface area contributed by atoms with Gasteiger partial charge in [0, 0.05) is 17.1 Å². The van der Waals surface area contributed by atoms with E-state index in [1.807, 2.05) is 36.5 Å². The standard InChI is InChI=1S/C18H13BrN2O/c19-14-8-9-17-20-18(16-7-4-10-22-16)15(21(17)12-14)11-13-5-2-1-3-6-13/h1-10,12H,11H2. The Bertz CT molecular complexity index is 911. The van der Waals surface area contributed by atoms with Crippen LogP contribution in [0.15, 0.2) is 75.9 Å². The van der Waals surface area contributed by atoms with E-state index in [4.69, 9.17) is 9.40 Å². The Morgan fingerprint density at radius 2 is 1.86 bits per heavy atom. The molecule has 0 aliphatic carbocycles. The first-order chi connectivity index (χ1) is 10.8. The molecule has 0 aliphatic rings. The maximum absolute atomic E-state index is 5.57. The molecular formula is C18H13BrN2O. The first-order valence-electron chi connectivity index (χ1n) is 7.05. The molecule has 0 spiro atoms. The summed E-state index contributed by atoms with van der Waals surface area (Å²) in [6.45, 7) is 0. The van der Waals surface area contributed by atoms with Crippen LogP contribution in [0.3, 0.4) is 0 Å². The molecule has 0 aliphatic heterocycles. The van der Waals surface area contributed by atoms with Gasteiger partial charge < -0.3 is 8.82 Å². The lowest BCUT2D eigenvalue weighted by Crippen LogP contribution is -1.96. The van der Waals surface area contributed by atoms with E-state index in [2.05, 4.69) is 44.6 Å². The molecule has 4 heteroatoms. The number of benzene rings is 1. The number of nitrogens with zero attached hydrogens (tertiary/aromatic N) is 2. The summed E-state index contributed by atoms with van der Waals surface area (Å²) in [5.74, 6) is 0.797. The van der Waals surface area contributed by atoms with Crippen LogP contribution in [0.2, 0.25) is 0 Å². The molecule has 0 unspecified atom stereocenters. The SMILES string of the molecule is Brc1ccc2nc(-c3ccco3)c(Cc3ccccc3)n2c1. The van der Waals surface area contributed by atoms with Crippen molar-refractivity contribution in [1.82, 2.24) is 9.38 Å². The Morgan fingerprint density at radius 3 is 2.64 bits per heavy atom. The van der Waals surface area contributed by atoms with Gasteiger partial charge in [0.1, 0.15) is 11.3 Å². The summed E-state index contributed by atoms with van der Waals surface area (Å²) >= 11 is 3.54. The highest BCUT2D eigenvalue weighted by Gasteiger charge is 2.16. The average molecular weight is 353 g/mol. The van der Waals surface area contributed by atoms with Gasteiger partial charge in [0.25, 0.3) is 0 Å². The van der Waals surface area contributed by atoms with Gasteiger partial charge in [-0.1, -0.05) is 30.3 Å². The fraction of sp³-hybridized carbons (Fsp3) is 0.0556. The van der Waals surface area contributed by atoms with Gasteiger partial charge in [-0.2, -0.15) is 0 Å². The molecule has 22 heavy (non-hydrogen) atoms. The minimum Gasteiger partial charge on any atom is -0.463 e. The molecule has 0 radical (unpaired) electrons. The van der Waals surface area contributed by atoms with E-state index >= 15 is 0 Å². The Morgan fingerprint density at radius 1 is 1.00 bits per heavy atom. The van der Waals surface area contributed by atoms with Crippen molar-refractivity contribution in [2.75, 3.05) is 0 Å². The van der Waals surface area contributed by atoms with Gasteiger partial charge in [0.15, 0.2) is 5.76 Å². The number of hydrogen-bond donors (Lipinski definition) is 0. The molecule has 3 nitrogen and oxygen atoms in total. The number of aromatic nitrogens is 2. The third-order valence-corrected chi connectivity index (χ3v) is 4.12. The molecule has 0 atom stereocenters. The Hall–Kier alpha value is -2.33. The van der Waals surface area contributed by atoms with E-state index in [1.54, 1.807) is 6.26 Å². The molecule has 0 saturated carbocycles. The highest BCUT2D eigenvalue weighted by Crippen LogP contribution is 2.28. The van der Waals surface area contributed by atoms with Crippen LogP contribution in [0.4, 0.5) is 0 Å². The summed E-state index contributed by atoms with van der Waals surface area (Å²) < 4.78 is 8.72. The zero-order valence-corrected chi connectivity index (χ0v) is 13.3. The normalized spacial score (nSPS) is 11.1. The Kier molecular flexibility index (Phi) is 3.31. The zero-order chi connectivity index (χ0) is 14.9. The van der Waals surface area contributed by atoms with Crippen molar-refractivity contribution in [3.8, 4) is 11.5 Å². The van der Waals surface area contributed by atoms with Crippen molar-refractivity contribution >= 4 is 21.6 Å². The van der Waals surface area contributed by atoms with Crippen LogP contribution in [-0.2, 0) is 6.42 Å². The van der Waals surface area contributed by atoms with Crippen LogP contribution in [0.1, 0.15) is 11.3 Å². The molecule has 1 aromatic carbocycles. The van der Waals surface area contributed by atoms with Gasteiger partial charge in [0.2, 0.25) is 0 Å². The minimum absolute atomic E-state index is 0.797. The highest BCUT2D eigenvalue weighted by molar-refractivity contribution is 9.10. The summed E-state index contributed by atoms with van der Waals surface area (Å²) in [5, 5.41) is 0. The van der Waals surface area contributed by atoms with Crippen molar-refractivity contribution in [1.29, 1.82) is 0 Å². The predicted octanol–water partition coefficient (Wildman–Crippen LogP) is 4.95. The largest absolute Gasteiger partial charge is 0.463 e. The van der Waals surface area contributed by atoms with E-state index in [9.17, 15) is 0 Å². The highest BCUT2D eigenvalue weighted by atomic mass is 79.9. The molecule has 0 N–H and O–H groups in total. The second kappa shape index (κ2) is 5.46. The Labute approximate surface area is 136 Å². The molecule has 3 heterocycles. The van der Waals surface area contributed by atoms with Gasteiger partial charge in [0.05, 0.1) is 12.0 Å². The van der Waals surface area contributed by atoms with Crippen molar-refractivity contribution < 1.29 is 4.42 Å². The van der Waals surface area contributed by atoms with Crippen LogP contribution in [0, 0.1) is 0 Å². The van der Waals surface area contributed by atoms with Crippen LogP contribution in [0.25, 0.3) is 17.1 Å². The van der Waals surface area contributed by atoms with Gasteiger partial charge in [-0.3, -0.25) is 0 Å². The number of pyridine rings is 1. The molecule has 3 aromatic heterocycles. The molecule has 0 amide bonds. The fourth-order valence-electron chi connectivity index (χ4n) is 2.64. The number of imidazole rings is 1. The molecule has 0 saturated heterocycles. The number of rotatable bonds is 3. The van der Waals surface area contributed by atoms with Gasteiger partial charge in [-0.25, -0.2) is 4.98 Å². The van der Waals surface area contributed by atoms with E-state index in [1.165, 1.54) is 5.56 Å². The van der Waals surface area contributed by atoms with Crippen molar-refractivity contribution in [2.45, 2.75) is 6.42 Å². The summed E-state index contributed by atoms with van der Waals surface area (Å²) in [7, 11) is 0. The zero-order valence-electron chi connectivity index (χ0n) is 11.7. The topological polar surface area (TPSA) is 30.4 Å². The summed E-state index contributed by atoms with van der Waals surface area (Å²) in [6.07, 6.45) is 4.53. The summed E-state index contributed by atoms with van der Waals surface area (Å²) in [6, 6.07) is 18.2. The summed E-state index contributed by atoms with van der Waals surface area (Å²) in [5.41, 5.74) is 4.18. The van der Waals surface area contributed by atoms with Crippen molar-refractivity contribution in [2.24, 2.45) is 0 Å². The molecule has 108 valence electrons. The molecule has 4 rings (SSSR count). The van der Waals surface area contributed by atoms with E-state index < -0.39 is 0 Å². The molecule has 0 fully saturated rings. The number of halogens is 1. The van der Waals surface area contributed by atoms with Crippen LogP contribution >= 0.6 is 15.9 Å². The molecule has 0 bridgehead atoms. The van der Waals surface area contributed by atoms with Crippen LogP contribution < -0.4 is 0 Å². The molecular weight excluding hydrogens is 340 g/mol. The van der Waals surface area contributed by atoms with Gasteiger partial charge in [-0.15, -0.1) is 0 Å². The Balaban J connectivity index is 1.93. The van der Waals surface area contributed by atoms with Gasteiger partial charge >= 0.3 is 0 Å². The number of fused-ring (bicyclic) bond motifs is 1. The third kappa shape index (κ3) is 2.35. The fourth-order valence-corrected chi connectivity index (χ4v) is 2.97. The smallest absolute Gasteiger partial charge is 0.154 e. The van der Waals surface area contributed by atoms with E-state index in [0.717, 1.165) is 33.7 Å². The first-order valence-corrected chi connectivity index (χ1v) is 7.85. The average Bonchev–Trinajstić information content (AvgIpc) is 3.17. The predicted molar refractivity (Wildman–Crippen MR) is 89.8 cm³/mol. The minimum atomic E-state index is 0.797. The van der Waals surface area contributed by atoms with Crippen LogP contribution in [0.5, 0.6) is 0 Å². The lowest BCUT2D eigenvalue weighted by Gasteiger charge is -2.05. The van der Waals surface area contributed by atoms with E-state index in [-0.39, 0.29) is 0 Å². The summed E-state index contributed by atoms with van der Waals surface area (Å²) in [4.78, 5) is 4.74. The van der Waals surface area contributed by atoms with Crippen molar-refractivity contribution in [3.05, 3.63) is 82.8 Å². The maximum atomic E-state index is 5.57.